The van der Waals surface area contributed by atoms with Gasteiger partial charge in [-0.15, -0.1) is 0 Å². The molecular weight excluding hydrogens is 1120 g/mol. The summed E-state index contributed by atoms with van der Waals surface area (Å²) in [4.78, 5) is 31.4. The van der Waals surface area contributed by atoms with E-state index in [2.05, 4.69) is 50.5 Å². The van der Waals surface area contributed by atoms with Gasteiger partial charge in [-0.2, -0.15) is 19.9 Å². The van der Waals surface area contributed by atoms with Gasteiger partial charge in [-0.25, -0.2) is 43.7 Å². The van der Waals surface area contributed by atoms with Gasteiger partial charge in [0.15, 0.2) is 0 Å². The van der Waals surface area contributed by atoms with Gasteiger partial charge in [0.25, 0.3) is 0 Å². The van der Waals surface area contributed by atoms with E-state index in [4.69, 9.17) is 0 Å². The van der Waals surface area contributed by atoms with E-state index < -0.39 is 60.1 Å². The van der Waals surface area contributed by atoms with Crippen LogP contribution in [0.5, 0.6) is 0 Å². The molecule has 0 aliphatic carbocycles. The maximum absolute atomic E-state index is 12.6. The molecule has 384 valence electrons. The molecule has 0 fully saturated rings. The van der Waals surface area contributed by atoms with Crippen LogP contribution in [0.4, 0.5) is 46.5 Å². The van der Waals surface area contributed by atoms with E-state index in [1.165, 1.54) is 46.2 Å². The molecule has 6 aromatic rings. The topological polar surface area (TPSA) is 448 Å². The summed E-state index contributed by atoms with van der Waals surface area (Å²) >= 11 is 0. The van der Waals surface area contributed by atoms with E-state index in [1.54, 1.807) is 0 Å². The Bertz CT molecular complexity index is 3340. The summed E-state index contributed by atoms with van der Waals surface area (Å²) in [6.07, 6.45) is 2.10. The third-order valence-corrected chi connectivity index (χ3v) is 13.1. The molecule has 0 saturated heterocycles. The maximum Gasteiger partial charge on any atom is 1.00 e. The van der Waals surface area contributed by atoms with Gasteiger partial charge in [-0.3, -0.25) is 9.97 Å². The quantitative estimate of drug-likeness (QED) is 0.0178. The maximum atomic E-state index is 12.6. The average molecular weight is 1170 g/mol. The molecule has 0 aliphatic heterocycles. The van der Waals surface area contributed by atoms with Crippen LogP contribution in [0.2, 0.25) is 0 Å². The van der Waals surface area contributed by atoms with Crippen molar-refractivity contribution >= 4 is 99.2 Å². The smallest absolute Gasteiger partial charge is 0.744 e. The number of aromatic amines is 2. The van der Waals surface area contributed by atoms with Crippen molar-refractivity contribution in [3.8, 4) is 0 Å². The van der Waals surface area contributed by atoms with E-state index in [1.807, 2.05) is 0 Å². The second kappa shape index (κ2) is 30.5. The SMILES string of the molecule is O=S(=O)([O-])c1ccc(Nc2nc(N(CCO)CCO)[nH]c(=Nc3ccc(/C=C\c4ccc(N=c5nc(Nc6ccc(S(=O)(=O)[O-])cc6)nc(N(CCO)CCO)[nH]5)cc4S(=O)(=O)[O-])c(S(=O)(=O)[O-])c3)n2)cc1.[Na+].[Na+].[Na+].[Na+]. The third kappa shape index (κ3) is 19.9. The minimum Gasteiger partial charge on any atom is -0.744 e. The minimum absolute atomic E-state index is 0. The molecule has 0 unspecified atom stereocenters. The summed E-state index contributed by atoms with van der Waals surface area (Å²) in [5.74, 6) is -0.405. The molecule has 0 amide bonds. The molecular formula is C40H40N12Na4O16S4. The van der Waals surface area contributed by atoms with Crippen LogP contribution in [0.3, 0.4) is 0 Å². The molecule has 76 heavy (non-hydrogen) atoms. The zero-order valence-electron chi connectivity index (χ0n) is 40.8. The largest absolute Gasteiger partial charge is 1.00 e. The molecule has 0 radical (unpaired) electrons. The van der Waals surface area contributed by atoms with Crippen LogP contribution in [0.25, 0.3) is 12.2 Å². The molecule has 0 atom stereocenters. The number of anilines is 6. The minimum atomic E-state index is -5.31. The first-order valence-corrected chi connectivity index (χ1v) is 26.1. The predicted octanol–water partition coefficient (Wildman–Crippen LogP) is -12.7. The van der Waals surface area contributed by atoms with Crippen LogP contribution >= 0.6 is 0 Å². The van der Waals surface area contributed by atoms with Gasteiger partial charge < -0.3 is 59.1 Å². The number of aliphatic hydroxyl groups excluding tert-OH is 4. The first-order valence-electron chi connectivity index (χ1n) is 20.5. The van der Waals surface area contributed by atoms with Gasteiger partial charge in [0.1, 0.15) is 40.5 Å². The fourth-order valence-corrected chi connectivity index (χ4v) is 8.71. The second-order valence-corrected chi connectivity index (χ2v) is 20.1. The number of aromatic nitrogens is 6. The van der Waals surface area contributed by atoms with Crippen molar-refractivity contribution < 1.29 is 191 Å². The zero-order valence-corrected chi connectivity index (χ0v) is 52.1. The van der Waals surface area contributed by atoms with Gasteiger partial charge in [-0.05, 0) is 83.9 Å². The Morgan fingerprint density at radius 3 is 1.07 bits per heavy atom. The third-order valence-electron chi connectivity index (χ3n) is 9.62. The van der Waals surface area contributed by atoms with Crippen molar-refractivity contribution in [2.24, 2.45) is 9.98 Å². The Hall–Kier alpha value is -3.08. The number of nitrogens with zero attached hydrogens (tertiary/aromatic N) is 8. The molecule has 28 nitrogen and oxygen atoms in total. The van der Waals surface area contributed by atoms with E-state index in [0.717, 1.165) is 60.7 Å². The molecule has 6 rings (SSSR count). The molecule has 2 heterocycles. The Labute approximate surface area is 523 Å². The van der Waals surface area contributed by atoms with Crippen molar-refractivity contribution in [3.05, 3.63) is 107 Å². The van der Waals surface area contributed by atoms with Crippen LogP contribution in [0.15, 0.2) is 114 Å². The Balaban J connectivity index is 0.00000494. The first kappa shape index (κ1) is 69.0. The summed E-state index contributed by atoms with van der Waals surface area (Å²) in [6.45, 7) is -1.73. The normalized spacial score (nSPS) is 12.2. The summed E-state index contributed by atoms with van der Waals surface area (Å²) in [7, 11) is -20.1. The van der Waals surface area contributed by atoms with Crippen molar-refractivity contribution in [1.29, 1.82) is 0 Å². The summed E-state index contributed by atoms with van der Waals surface area (Å²) in [6, 6.07) is 15.7. The van der Waals surface area contributed by atoms with Gasteiger partial charge >= 0.3 is 118 Å². The molecule has 0 bridgehead atoms. The van der Waals surface area contributed by atoms with Gasteiger partial charge in [0, 0.05) is 37.6 Å². The van der Waals surface area contributed by atoms with Crippen molar-refractivity contribution in [3.63, 3.8) is 0 Å². The van der Waals surface area contributed by atoms with E-state index in [9.17, 15) is 72.3 Å². The molecule has 8 N–H and O–H groups in total. The monoisotopic (exact) mass is 1160 g/mol. The Kier molecular flexibility index (Phi) is 27.7. The van der Waals surface area contributed by atoms with Crippen LogP contribution < -0.4 is 150 Å². The van der Waals surface area contributed by atoms with Crippen molar-refractivity contribution in [1.82, 2.24) is 29.9 Å². The van der Waals surface area contributed by atoms with E-state index in [-0.39, 0.29) is 240 Å². The number of hydrogen-bond acceptors (Lipinski definition) is 26. The molecule has 36 heteroatoms. The molecule has 4 aromatic carbocycles. The molecule has 2 aromatic heterocycles. The number of benzene rings is 4. The number of nitrogens with one attached hydrogen (secondary N) is 4. The van der Waals surface area contributed by atoms with Crippen LogP contribution in [0.1, 0.15) is 11.1 Å². The van der Waals surface area contributed by atoms with Crippen LogP contribution in [-0.2, 0) is 40.5 Å². The fraction of sp³-hybridized carbons (Fsp3) is 0.200. The van der Waals surface area contributed by atoms with Gasteiger partial charge in [0.2, 0.25) is 35.0 Å². The number of H-pyrrole nitrogens is 2. The summed E-state index contributed by atoms with van der Waals surface area (Å²) in [5, 5.41) is 44.2. The Morgan fingerprint density at radius 2 is 0.789 bits per heavy atom. The Morgan fingerprint density at radius 1 is 0.474 bits per heavy atom. The summed E-state index contributed by atoms with van der Waals surface area (Å²) < 4.78 is 144. The second-order valence-electron chi connectivity index (χ2n) is 14.6. The predicted molar refractivity (Wildman–Crippen MR) is 249 cm³/mol. The van der Waals surface area contributed by atoms with E-state index in [0.29, 0.717) is 0 Å². The van der Waals surface area contributed by atoms with Gasteiger partial charge in [-0.1, -0.05) is 24.3 Å². The first-order chi connectivity index (χ1) is 34.0. The van der Waals surface area contributed by atoms with Gasteiger partial charge in [0.05, 0.1) is 57.4 Å². The zero-order chi connectivity index (χ0) is 52.4. The average Bonchev–Trinajstić information content (AvgIpc) is 3.30. The number of aliphatic hydroxyl groups is 4. The van der Waals surface area contributed by atoms with Crippen molar-refractivity contribution in [2.75, 3.05) is 73.0 Å². The standard InChI is InChI=1S/C40H44N12O16S4.4Na/c53-19-15-51(16-20-54)39-47-35(41-27-7-11-31(12-8-27)69(57,58)59)45-37(49-39)43-29-5-3-25(33(23-29)71(63,64)65)1-2-26-4-6-30(24-34(26)72(66,67)68)44-38-46-36(48-40(50-38)52(17-21-55)18-22-56)42-28-9-13-32(14-10-28)70(60,61)62;;;;/h1-14,23-24,53-56H,15-22H2,(H,57,58,59)(H,60,61,62)(H,63,64,65)(H,66,67,68)(H2,41,43,45,47,49)(H2,42,44,46,48,50);;;;/q;4*+1/p-4/b2-1-;;;;. The summed E-state index contributed by atoms with van der Waals surface area (Å²) in [5.41, 5.74) is -1.00. The molecule has 0 spiro atoms. The number of hydrogen-bond donors (Lipinski definition) is 8. The molecule has 0 aliphatic rings. The van der Waals surface area contributed by atoms with Crippen molar-refractivity contribution in [2.45, 2.75) is 19.6 Å². The molecule has 0 saturated carbocycles. The number of rotatable bonds is 22. The van der Waals surface area contributed by atoms with Crippen LogP contribution in [-0.4, -0.2) is 155 Å². The fourth-order valence-electron chi connectivity index (χ4n) is 6.40. The van der Waals surface area contributed by atoms with Crippen LogP contribution in [0, 0.1) is 0 Å². The van der Waals surface area contributed by atoms with E-state index >= 15 is 0 Å².